The first kappa shape index (κ1) is 16.6. The largest absolute Gasteiger partial charge is 0.338 e. The standard InChI is InChI=1S/C17H31N3OS/c1-2-18-9-11-19(12-10-18)8-7-17(21)20-13-14-22-16-6-4-3-5-15(16)20/h15-16H,2-14H2,1H3/t15-,16-/m1/s1. The second-order valence-corrected chi connectivity index (χ2v) is 8.22. The monoisotopic (exact) mass is 325 g/mol. The van der Waals surface area contributed by atoms with Gasteiger partial charge in [-0.1, -0.05) is 19.8 Å². The van der Waals surface area contributed by atoms with Crippen LogP contribution in [0.15, 0.2) is 0 Å². The van der Waals surface area contributed by atoms with Crippen molar-refractivity contribution in [1.82, 2.24) is 14.7 Å². The molecule has 1 saturated carbocycles. The molecule has 22 heavy (non-hydrogen) atoms. The van der Waals surface area contributed by atoms with Gasteiger partial charge in [-0.2, -0.15) is 11.8 Å². The van der Waals surface area contributed by atoms with E-state index in [1.807, 2.05) is 0 Å². The minimum absolute atomic E-state index is 0.412. The molecule has 126 valence electrons. The normalized spacial score (nSPS) is 31.0. The number of rotatable bonds is 4. The van der Waals surface area contributed by atoms with Crippen molar-refractivity contribution in [3.05, 3.63) is 0 Å². The summed E-state index contributed by atoms with van der Waals surface area (Å²) >= 11 is 2.11. The summed E-state index contributed by atoms with van der Waals surface area (Å²) in [7, 11) is 0. The molecule has 0 aromatic rings. The van der Waals surface area contributed by atoms with Crippen molar-refractivity contribution in [2.45, 2.75) is 50.3 Å². The van der Waals surface area contributed by atoms with E-state index in [0.717, 1.165) is 63.2 Å². The van der Waals surface area contributed by atoms with Crippen LogP contribution in [0, 0.1) is 0 Å². The first-order valence-electron chi connectivity index (χ1n) is 9.13. The van der Waals surface area contributed by atoms with Crippen LogP contribution < -0.4 is 0 Å². The van der Waals surface area contributed by atoms with Gasteiger partial charge >= 0.3 is 0 Å². The second kappa shape index (κ2) is 8.02. The molecule has 2 saturated heterocycles. The summed E-state index contributed by atoms with van der Waals surface area (Å²) in [6.45, 7) is 9.90. The van der Waals surface area contributed by atoms with Crippen molar-refractivity contribution in [1.29, 1.82) is 0 Å². The zero-order chi connectivity index (χ0) is 15.4. The number of hydrogen-bond donors (Lipinski definition) is 0. The van der Waals surface area contributed by atoms with E-state index >= 15 is 0 Å². The second-order valence-electron chi connectivity index (χ2n) is 6.87. The number of fused-ring (bicyclic) bond motifs is 1. The number of hydrogen-bond acceptors (Lipinski definition) is 4. The van der Waals surface area contributed by atoms with Gasteiger partial charge in [0.1, 0.15) is 0 Å². The van der Waals surface area contributed by atoms with Crippen LogP contribution in [-0.2, 0) is 4.79 Å². The van der Waals surface area contributed by atoms with E-state index in [1.54, 1.807) is 0 Å². The lowest BCUT2D eigenvalue weighted by molar-refractivity contribution is -0.134. The van der Waals surface area contributed by atoms with E-state index in [4.69, 9.17) is 0 Å². The van der Waals surface area contributed by atoms with Gasteiger partial charge in [0, 0.05) is 62.7 Å². The summed E-state index contributed by atoms with van der Waals surface area (Å²) in [4.78, 5) is 19.9. The van der Waals surface area contributed by atoms with E-state index in [1.165, 1.54) is 25.7 Å². The Kier molecular flexibility index (Phi) is 6.05. The Hall–Kier alpha value is -0.260. The van der Waals surface area contributed by atoms with Gasteiger partial charge in [0.25, 0.3) is 0 Å². The van der Waals surface area contributed by atoms with Crippen LogP contribution in [-0.4, -0.2) is 83.5 Å². The Morgan fingerprint density at radius 2 is 1.77 bits per heavy atom. The van der Waals surface area contributed by atoms with Gasteiger partial charge in [-0.3, -0.25) is 4.79 Å². The third kappa shape index (κ3) is 3.98. The van der Waals surface area contributed by atoms with E-state index in [-0.39, 0.29) is 0 Å². The molecule has 0 N–H and O–H groups in total. The average Bonchev–Trinajstić information content (AvgIpc) is 2.59. The zero-order valence-corrected chi connectivity index (χ0v) is 14.8. The molecule has 3 aliphatic rings. The van der Waals surface area contributed by atoms with E-state index in [0.29, 0.717) is 11.9 Å². The molecule has 1 aliphatic carbocycles. The van der Waals surface area contributed by atoms with Crippen LogP contribution in [0.3, 0.4) is 0 Å². The molecule has 5 heteroatoms. The maximum Gasteiger partial charge on any atom is 0.224 e. The Morgan fingerprint density at radius 1 is 1.05 bits per heavy atom. The fourth-order valence-electron chi connectivity index (χ4n) is 4.13. The van der Waals surface area contributed by atoms with E-state index in [9.17, 15) is 4.79 Å². The van der Waals surface area contributed by atoms with Gasteiger partial charge in [-0.05, 0) is 19.4 Å². The smallest absolute Gasteiger partial charge is 0.224 e. The molecule has 2 atom stereocenters. The number of carbonyl (C=O) groups excluding carboxylic acids is 1. The number of likely N-dealkylation sites (N-methyl/N-ethyl adjacent to an activating group) is 1. The molecule has 3 fully saturated rings. The topological polar surface area (TPSA) is 26.8 Å². The Balaban J connectivity index is 1.45. The van der Waals surface area contributed by atoms with Crippen LogP contribution in [0.5, 0.6) is 0 Å². The molecule has 0 radical (unpaired) electrons. The third-order valence-corrected chi connectivity index (χ3v) is 7.00. The first-order chi connectivity index (χ1) is 10.8. The molecule has 2 aliphatic heterocycles. The lowest BCUT2D eigenvalue weighted by Crippen LogP contribution is -2.52. The van der Waals surface area contributed by atoms with Crippen LogP contribution in [0.1, 0.15) is 39.0 Å². The Labute approximate surface area is 139 Å². The van der Waals surface area contributed by atoms with Gasteiger partial charge in [0.2, 0.25) is 5.91 Å². The molecule has 0 aromatic carbocycles. The van der Waals surface area contributed by atoms with Gasteiger partial charge < -0.3 is 14.7 Å². The highest BCUT2D eigenvalue weighted by Gasteiger charge is 2.36. The minimum Gasteiger partial charge on any atom is -0.338 e. The fraction of sp³-hybridized carbons (Fsp3) is 0.941. The molecular formula is C17H31N3OS. The Morgan fingerprint density at radius 3 is 2.55 bits per heavy atom. The summed E-state index contributed by atoms with van der Waals surface area (Å²) in [5.74, 6) is 1.55. The quantitative estimate of drug-likeness (QED) is 0.789. The minimum atomic E-state index is 0.412. The lowest BCUT2D eigenvalue weighted by Gasteiger charge is -2.44. The summed E-state index contributed by atoms with van der Waals surface area (Å²) in [6.07, 6.45) is 5.94. The molecular weight excluding hydrogens is 294 g/mol. The van der Waals surface area contributed by atoms with Crippen molar-refractivity contribution in [3.8, 4) is 0 Å². The van der Waals surface area contributed by atoms with Crippen molar-refractivity contribution in [2.75, 3.05) is 51.6 Å². The third-order valence-electron chi connectivity index (χ3n) is 5.61. The molecule has 0 bridgehead atoms. The van der Waals surface area contributed by atoms with Gasteiger partial charge in [-0.15, -0.1) is 0 Å². The summed E-state index contributed by atoms with van der Waals surface area (Å²) in [5, 5.41) is 0.722. The molecule has 2 heterocycles. The molecule has 4 nitrogen and oxygen atoms in total. The summed E-state index contributed by atoms with van der Waals surface area (Å²) in [5.41, 5.74) is 0. The molecule has 0 aromatic heterocycles. The van der Waals surface area contributed by atoms with Crippen molar-refractivity contribution in [3.63, 3.8) is 0 Å². The highest BCUT2D eigenvalue weighted by molar-refractivity contribution is 8.00. The van der Waals surface area contributed by atoms with Crippen LogP contribution >= 0.6 is 11.8 Å². The molecule has 1 amide bonds. The first-order valence-corrected chi connectivity index (χ1v) is 10.2. The van der Waals surface area contributed by atoms with Crippen LogP contribution in [0.2, 0.25) is 0 Å². The number of nitrogens with zero attached hydrogens (tertiary/aromatic N) is 3. The zero-order valence-electron chi connectivity index (χ0n) is 14.0. The van der Waals surface area contributed by atoms with E-state index < -0.39 is 0 Å². The Bertz CT molecular complexity index is 369. The highest BCUT2D eigenvalue weighted by atomic mass is 32.2. The number of piperazine rings is 1. The maximum absolute atomic E-state index is 12.7. The predicted molar refractivity (Wildman–Crippen MR) is 93.4 cm³/mol. The predicted octanol–water partition coefficient (Wildman–Crippen LogP) is 1.90. The van der Waals surface area contributed by atoms with Crippen molar-refractivity contribution < 1.29 is 4.79 Å². The SMILES string of the molecule is CCN1CCN(CCC(=O)N2CCS[C@@H]3CCCC[C@H]32)CC1. The molecule has 0 unspecified atom stereocenters. The summed E-state index contributed by atoms with van der Waals surface area (Å²) in [6, 6.07) is 0.539. The summed E-state index contributed by atoms with van der Waals surface area (Å²) < 4.78 is 0. The van der Waals surface area contributed by atoms with Crippen LogP contribution in [0.4, 0.5) is 0 Å². The number of amides is 1. The highest BCUT2D eigenvalue weighted by Crippen LogP contribution is 2.35. The van der Waals surface area contributed by atoms with Gasteiger partial charge in [0.05, 0.1) is 0 Å². The molecule has 3 rings (SSSR count). The average molecular weight is 326 g/mol. The number of thioether (sulfide) groups is 1. The number of carbonyl (C=O) groups is 1. The van der Waals surface area contributed by atoms with Crippen molar-refractivity contribution >= 4 is 17.7 Å². The lowest BCUT2D eigenvalue weighted by atomic mass is 9.93. The van der Waals surface area contributed by atoms with Gasteiger partial charge in [-0.25, -0.2) is 0 Å². The molecule has 0 spiro atoms. The van der Waals surface area contributed by atoms with Crippen molar-refractivity contribution in [2.24, 2.45) is 0 Å². The van der Waals surface area contributed by atoms with Crippen LogP contribution in [0.25, 0.3) is 0 Å². The maximum atomic E-state index is 12.7. The van der Waals surface area contributed by atoms with E-state index in [2.05, 4.69) is 33.4 Å². The fourth-order valence-corrected chi connectivity index (χ4v) is 5.58. The van der Waals surface area contributed by atoms with Gasteiger partial charge in [0.15, 0.2) is 0 Å².